The van der Waals surface area contributed by atoms with E-state index in [1.807, 2.05) is 36.4 Å². The number of fused-ring (bicyclic) bond motifs is 2. The lowest BCUT2D eigenvalue weighted by Crippen LogP contribution is -2.06. The molecule has 0 fully saturated rings. The Balaban J connectivity index is 1.57. The van der Waals surface area contributed by atoms with Crippen LogP contribution in [-0.2, 0) is 24.2 Å². The zero-order valence-electron chi connectivity index (χ0n) is 16.2. The van der Waals surface area contributed by atoms with E-state index in [0.29, 0.717) is 12.1 Å². The first-order chi connectivity index (χ1) is 14.6. The van der Waals surface area contributed by atoms with Crippen molar-refractivity contribution in [1.29, 1.82) is 0 Å². The second-order valence-corrected chi connectivity index (χ2v) is 9.37. The number of halogens is 2. The van der Waals surface area contributed by atoms with E-state index in [4.69, 9.17) is 4.42 Å². The Hall–Kier alpha value is -2.31. The molecule has 4 nitrogen and oxygen atoms in total. The topological polar surface area (TPSA) is 54.3 Å². The normalized spacial score (nSPS) is 16.3. The molecular weight excluding hydrogens is 508 g/mol. The molecule has 1 amide bonds. The number of anilines is 2. The van der Waals surface area contributed by atoms with Crippen molar-refractivity contribution in [3.8, 4) is 0 Å². The first-order valence-corrected chi connectivity index (χ1v) is 11.6. The maximum Gasteiger partial charge on any atom is 0.256 e. The predicted molar refractivity (Wildman–Crippen MR) is 127 cm³/mol. The number of para-hydroxylation sites is 1. The van der Waals surface area contributed by atoms with Gasteiger partial charge in [-0.1, -0.05) is 34.1 Å². The number of benzene rings is 2. The van der Waals surface area contributed by atoms with Gasteiger partial charge in [0.15, 0.2) is 0 Å². The summed E-state index contributed by atoms with van der Waals surface area (Å²) in [5.74, 6) is 1.73. The van der Waals surface area contributed by atoms with Gasteiger partial charge in [-0.05, 0) is 71.1 Å². The highest BCUT2D eigenvalue weighted by atomic mass is 79.9. The molecule has 0 saturated heterocycles. The molecule has 6 heteroatoms. The van der Waals surface area contributed by atoms with Crippen LogP contribution < -0.4 is 10.6 Å². The lowest BCUT2D eigenvalue weighted by molar-refractivity contribution is -0.110. The average Bonchev–Trinajstić information content (AvgIpc) is 3.25. The number of hydrogen-bond donors (Lipinski definition) is 2. The minimum atomic E-state index is -0.111. The van der Waals surface area contributed by atoms with Crippen molar-refractivity contribution in [3.63, 3.8) is 0 Å². The van der Waals surface area contributed by atoms with Crippen molar-refractivity contribution in [2.24, 2.45) is 0 Å². The van der Waals surface area contributed by atoms with Crippen molar-refractivity contribution < 1.29 is 9.21 Å². The molecule has 2 heterocycles. The number of furan rings is 1. The van der Waals surface area contributed by atoms with Gasteiger partial charge in [0.25, 0.3) is 5.91 Å². The summed E-state index contributed by atoms with van der Waals surface area (Å²) in [6.07, 6.45) is 6.19. The van der Waals surface area contributed by atoms with Crippen LogP contribution in [0.15, 0.2) is 55.8 Å². The number of carbonyl (C=O) groups is 1. The summed E-state index contributed by atoms with van der Waals surface area (Å²) >= 11 is 7.08. The van der Waals surface area contributed by atoms with Gasteiger partial charge >= 0.3 is 0 Å². The first-order valence-electron chi connectivity index (χ1n) is 10.0. The third-order valence-electron chi connectivity index (χ3n) is 5.66. The van der Waals surface area contributed by atoms with Crippen LogP contribution in [0.4, 0.5) is 11.4 Å². The SMILES string of the molecule is O=C1Nc2c(Br)cc(Br)cc2C1=Cc1oc2c(c1CNc1ccccc1)CCCC2. The molecule has 0 spiro atoms. The van der Waals surface area contributed by atoms with Crippen LogP contribution in [-0.4, -0.2) is 5.91 Å². The molecule has 2 N–H and O–H groups in total. The third-order valence-corrected chi connectivity index (χ3v) is 6.74. The number of hydrogen-bond acceptors (Lipinski definition) is 3. The molecule has 152 valence electrons. The third kappa shape index (κ3) is 3.63. The van der Waals surface area contributed by atoms with E-state index in [1.54, 1.807) is 0 Å². The minimum Gasteiger partial charge on any atom is -0.461 e. The Bertz CT molecular complexity index is 1170. The van der Waals surface area contributed by atoms with Gasteiger partial charge in [0.1, 0.15) is 11.5 Å². The maximum absolute atomic E-state index is 12.8. The summed E-state index contributed by atoms with van der Waals surface area (Å²) in [4.78, 5) is 12.8. The van der Waals surface area contributed by atoms with Gasteiger partial charge in [0.05, 0.1) is 11.3 Å². The van der Waals surface area contributed by atoms with E-state index >= 15 is 0 Å². The minimum absolute atomic E-state index is 0.111. The zero-order chi connectivity index (χ0) is 20.7. The van der Waals surface area contributed by atoms with E-state index in [2.05, 4.69) is 54.6 Å². The smallest absolute Gasteiger partial charge is 0.256 e. The molecule has 30 heavy (non-hydrogen) atoms. The molecular formula is C24H20Br2N2O2. The van der Waals surface area contributed by atoms with Gasteiger partial charge < -0.3 is 15.1 Å². The summed E-state index contributed by atoms with van der Waals surface area (Å²) in [6.45, 7) is 0.665. The molecule has 1 aromatic heterocycles. The lowest BCUT2D eigenvalue weighted by Gasteiger charge is -2.12. The molecule has 3 aromatic rings. The van der Waals surface area contributed by atoms with Gasteiger partial charge in [-0.2, -0.15) is 0 Å². The van der Waals surface area contributed by atoms with Crippen LogP contribution >= 0.6 is 31.9 Å². The van der Waals surface area contributed by atoms with Crippen molar-refractivity contribution >= 4 is 60.8 Å². The summed E-state index contributed by atoms with van der Waals surface area (Å²) in [6, 6.07) is 14.1. The lowest BCUT2D eigenvalue weighted by atomic mass is 9.94. The van der Waals surface area contributed by atoms with Crippen molar-refractivity contribution in [3.05, 3.63) is 79.6 Å². The van der Waals surface area contributed by atoms with E-state index in [-0.39, 0.29) is 5.91 Å². The monoisotopic (exact) mass is 526 g/mol. The van der Waals surface area contributed by atoms with E-state index in [9.17, 15) is 4.79 Å². The average molecular weight is 528 g/mol. The number of rotatable bonds is 4. The Kier molecular flexibility index (Phi) is 5.29. The van der Waals surface area contributed by atoms with Crippen LogP contribution in [0.3, 0.4) is 0 Å². The van der Waals surface area contributed by atoms with Gasteiger partial charge in [0.2, 0.25) is 0 Å². The number of aryl methyl sites for hydroxylation is 1. The Morgan fingerprint density at radius 1 is 1.10 bits per heavy atom. The van der Waals surface area contributed by atoms with E-state index in [1.165, 1.54) is 12.0 Å². The zero-order valence-corrected chi connectivity index (χ0v) is 19.4. The Morgan fingerprint density at radius 2 is 1.90 bits per heavy atom. The van der Waals surface area contributed by atoms with Gasteiger partial charge in [-0.3, -0.25) is 4.79 Å². The Labute approximate surface area is 192 Å². The molecule has 0 atom stereocenters. The Morgan fingerprint density at radius 3 is 2.73 bits per heavy atom. The second kappa shape index (κ2) is 8.08. The second-order valence-electron chi connectivity index (χ2n) is 7.60. The van der Waals surface area contributed by atoms with Crippen LogP contribution in [0.2, 0.25) is 0 Å². The standard InChI is InChI=1S/C24H20Br2N2O2/c25-14-10-17-18(24(29)28-23(17)20(26)11-14)12-22-19(13-27-15-6-2-1-3-7-15)16-8-4-5-9-21(16)30-22/h1-3,6-7,10-12,27H,4-5,8-9,13H2,(H,28,29). The van der Waals surface area contributed by atoms with Gasteiger partial charge in [-0.25, -0.2) is 0 Å². The molecule has 1 aliphatic heterocycles. The fourth-order valence-electron chi connectivity index (χ4n) is 4.20. The van der Waals surface area contributed by atoms with Crippen LogP contribution in [0.1, 0.15) is 41.1 Å². The largest absolute Gasteiger partial charge is 0.461 e. The molecule has 0 unspecified atom stereocenters. The molecule has 2 aromatic carbocycles. The van der Waals surface area contributed by atoms with Gasteiger partial charge in [0, 0.05) is 38.7 Å². The molecule has 5 rings (SSSR count). The quantitative estimate of drug-likeness (QED) is 0.367. The van der Waals surface area contributed by atoms with E-state index < -0.39 is 0 Å². The highest BCUT2D eigenvalue weighted by Gasteiger charge is 2.29. The fourth-order valence-corrected chi connectivity index (χ4v) is 5.52. The van der Waals surface area contributed by atoms with Crippen LogP contribution in [0.5, 0.6) is 0 Å². The van der Waals surface area contributed by atoms with Crippen LogP contribution in [0, 0.1) is 0 Å². The summed E-state index contributed by atoms with van der Waals surface area (Å²) < 4.78 is 8.06. The van der Waals surface area contributed by atoms with Crippen molar-refractivity contribution in [1.82, 2.24) is 0 Å². The predicted octanol–water partition coefficient (Wildman–Crippen LogP) is 6.79. The molecule has 0 saturated carbocycles. The number of nitrogens with one attached hydrogen (secondary N) is 2. The molecule has 2 aliphatic rings. The van der Waals surface area contributed by atoms with Crippen LogP contribution in [0.25, 0.3) is 11.6 Å². The fraction of sp³-hybridized carbons (Fsp3) is 0.208. The summed E-state index contributed by atoms with van der Waals surface area (Å²) in [5, 5.41) is 6.48. The molecule has 1 aliphatic carbocycles. The van der Waals surface area contributed by atoms with Crippen molar-refractivity contribution in [2.45, 2.75) is 32.2 Å². The molecule has 0 bridgehead atoms. The highest BCUT2D eigenvalue weighted by Crippen LogP contribution is 2.41. The number of amides is 1. The maximum atomic E-state index is 12.8. The molecule has 0 radical (unpaired) electrons. The van der Waals surface area contributed by atoms with Gasteiger partial charge in [-0.15, -0.1) is 0 Å². The highest BCUT2D eigenvalue weighted by molar-refractivity contribution is 9.11. The first kappa shape index (κ1) is 19.6. The summed E-state index contributed by atoms with van der Waals surface area (Å²) in [5.41, 5.74) is 5.81. The number of carbonyl (C=O) groups excluding carboxylic acids is 1. The summed E-state index contributed by atoms with van der Waals surface area (Å²) in [7, 11) is 0. The van der Waals surface area contributed by atoms with Crippen molar-refractivity contribution in [2.75, 3.05) is 10.6 Å². The van der Waals surface area contributed by atoms with E-state index in [0.717, 1.165) is 62.2 Å².